The van der Waals surface area contributed by atoms with Crippen LogP contribution in [-0.2, 0) is 22.7 Å². The number of rotatable bonds is 5. The van der Waals surface area contributed by atoms with E-state index in [1.807, 2.05) is 54.6 Å². The van der Waals surface area contributed by atoms with Gasteiger partial charge in [-0.1, -0.05) is 60.1 Å². The van der Waals surface area contributed by atoms with Crippen LogP contribution in [0.1, 0.15) is 17.5 Å². The van der Waals surface area contributed by atoms with Gasteiger partial charge in [0.25, 0.3) is 0 Å². The smallest absolute Gasteiger partial charge is 0.228 e. The second-order valence-electron chi connectivity index (χ2n) is 6.45. The molecule has 2 aromatic carbocycles. The van der Waals surface area contributed by atoms with Gasteiger partial charge < -0.3 is 9.80 Å². The van der Waals surface area contributed by atoms with Gasteiger partial charge in [-0.25, -0.2) is 0 Å². The van der Waals surface area contributed by atoms with Gasteiger partial charge in [-0.05, 0) is 17.2 Å². The fraction of sp³-hybridized carbons (Fsp3) is 0.300. The molecule has 2 aromatic rings. The Morgan fingerprint density at radius 2 is 1.84 bits per heavy atom. The van der Waals surface area contributed by atoms with E-state index in [9.17, 15) is 9.59 Å². The summed E-state index contributed by atoms with van der Waals surface area (Å²) in [6.45, 7) is 1.45. The Hall–Kier alpha value is -2.33. The molecule has 1 saturated heterocycles. The Morgan fingerprint density at radius 3 is 2.56 bits per heavy atom. The Labute approximate surface area is 153 Å². The molecule has 0 spiro atoms. The van der Waals surface area contributed by atoms with Crippen molar-refractivity contribution >= 4 is 23.4 Å². The van der Waals surface area contributed by atoms with Crippen LogP contribution in [0.5, 0.6) is 0 Å². The number of amides is 2. The minimum absolute atomic E-state index is 0.00591. The van der Waals surface area contributed by atoms with Crippen molar-refractivity contribution in [2.75, 3.05) is 13.6 Å². The Balaban J connectivity index is 1.61. The molecule has 3 rings (SSSR count). The molecule has 4 nitrogen and oxygen atoms in total. The summed E-state index contributed by atoms with van der Waals surface area (Å²) in [4.78, 5) is 28.4. The molecule has 0 aromatic heterocycles. The third-order valence-electron chi connectivity index (χ3n) is 4.52. The van der Waals surface area contributed by atoms with Gasteiger partial charge in [-0.2, -0.15) is 0 Å². The first-order chi connectivity index (χ1) is 12.0. The molecule has 0 saturated carbocycles. The monoisotopic (exact) mass is 356 g/mol. The zero-order valence-corrected chi connectivity index (χ0v) is 14.9. The first kappa shape index (κ1) is 17.5. The number of nitrogens with zero attached hydrogens (tertiary/aromatic N) is 2. The van der Waals surface area contributed by atoms with Gasteiger partial charge in [0.2, 0.25) is 11.8 Å². The van der Waals surface area contributed by atoms with Crippen LogP contribution in [0.2, 0.25) is 5.02 Å². The zero-order chi connectivity index (χ0) is 17.8. The van der Waals surface area contributed by atoms with Gasteiger partial charge in [-0.15, -0.1) is 0 Å². The summed E-state index contributed by atoms with van der Waals surface area (Å²) in [6.07, 6.45) is 0.266. The molecule has 0 N–H and O–H groups in total. The van der Waals surface area contributed by atoms with E-state index in [1.165, 1.54) is 0 Å². The molecule has 5 heteroatoms. The standard InChI is InChI=1S/C20H21ClN2O2/c1-22(12-15-7-3-2-4-8-15)20(25)17-11-19(24)23(14-17)13-16-9-5-6-10-18(16)21/h2-10,17H,11-14H2,1H3. The molecule has 1 aliphatic rings. The molecule has 130 valence electrons. The number of carbonyl (C=O) groups is 2. The number of hydrogen-bond donors (Lipinski definition) is 0. The molecule has 1 heterocycles. The fourth-order valence-electron chi connectivity index (χ4n) is 3.17. The molecule has 1 aliphatic heterocycles. The highest BCUT2D eigenvalue weighted by atomic mass is 35.5. The van der Waals surface area contributed by atoms with Crippen LogP contribution in [0.3, 0.4) is 0 Å². The highest BCUT2D eigenvalue weighted by molar-refractivity contribution is 6.31. The van der Waals surface area contributed by atoms with Crippen molar-refractivity contribution in [1.29, 1.82) is 0 Å². The van der Waals surface area contributed by atoms with Crippen molar-refractivity contribution in [2.45, 2.75) is 19.5 Å². The number of likely N-dealkylation sites (tertiary alicyclic amines) is 1. The maximum Gasteiger partial charge on any atom is 0.228 e. The van der Waals surface area contributed by atoms with Crippen molar-refractivity contribution in [3.63, 3.8) is 0 Å². The van der Waals surface area contributed by atoms with Crippen LogP contribution in [0.15, 0.2) is 54.6 Å². The molecule has 2 amide bonds. The maximum atomic E-state index is 12.7. The van der Waals surface area contributed by atoms with Crippen LogP contribution in [0.25, 0.3) is 0 Å². The van der Waals surface area contributed by atoms with E-state index in [4.69, 9.17) is 11.6 Å². The van der Waals surface area contributed by atoms with E-state index in [0.29, 0.717) is 24.7 Å². The predicted octanol–water partition coefficient (Wildman–Crippen LogP) is 3.35. The number of carbonyl (C=O) groups excluding carboxylic acids is 2. The largest absolute Gasteiger partial charge is 0.341 e. The highest BCUT2D eigenvalue weighted by Crippen LogP contribution is 2.25. The summed E-state index contributed by atoms with van der Waals surface area (Å²) in [6, 6.07) is 17.3. The molecule has 1 fully saturated rings. The van der Waals surface area contributed by atoms with Crippen molar-refractivity contribution in [3.05, 3.63) is 70.7 Å². The summed E-state index contributed by atoms with van der Waals surface area (Å²) in [5, 5.41) is 0.645. The second kappa shape index (κ2) is 7.70. The van der Waals surface area contributed by atoms with Crippen LogP contribution in [0.4, 0.5) is 0 Å². The normalized spacial score (nSPS) is 17.0. The average Bonchev–Trinajstić information content (AvgIpc) is 2.98. The number of hydrogen-bond acceptors (Lipinski definition) is 2. The van der Waals surface area contributed by atoms with Crippen molar-refractivity contribution < 1.29 is 9.59 Å². The van der Waals surface area contributed by atoms with Crippen molar-refractivity contribution in [3.8, 4) is 0 Å². The Bertz CT molecular complexity index is 763. The topological polar surface area (TPSA) is 40.6 Å². The SMILES string of the molecule is CN(Cc1ccccc1)C(=O)C1CC(=O)N(Cc2ccccc2Cl)C1. The Kier molecular flexibility index (Phi) is 5.39. The van der Waals surface area contributed by atoms with Gasteiger partial charge in [0.05, 0.1) is 5.92 Å². The first-order valence-electron chi connectivity index (χ1n) is 8.34. The van der Waals surface area contributed by atoms with E-state index in [-0.39, 0.29) is 24.2 Å². The van der Waals surface area contributed by atoms with E-state index >= 15 is 0 Å². The average molecular weight is 357 g/mol. The van der Waals surface area contributed by atoms with Crippen LogP contribution in [-0.4, -0.2) is 35.2 Å². The molecule has 0 radical (unpaired) electrons. The summed E-state index contributed by atoms with van der Waals surface area (Å²) >= 11 is 6.18. The third kappa shape index (κ3) is 4.20. The maximum absolute atomic E-state index is 12.7. The number of halogens is 1. The summed E-state index contributed by atoms with van der Waals surface area (Å²) < 4.78 is 0. The van der Waals surface area contributed by atoms with Crippen molar-refractivity contribution in [2.24, 2.45) is 5.92 Å². The minimum Gasteiger partial charge on any atom is -0.341 e. The summed E-state index contributed by atoms with van der Waals surface area (Å²) in [5.74, 6) is -0.269. The minimum atomic E-state index is -0.288. The van der Waals surface area contributed by atoms with Crippen LogP contribution in [0, 0.1) is 5.92 Å². The van der Waals surface area contributed by atoms with E-state index < -0.39 is 0 Å². The molecule has 1 unspecified atom stereocenters. The van der Waals surface area contributed by atoms with Gasteiger partial charge in [-0.3, -0.25) is 9.59 Å². The van der Waals surface area contributed by atoms with Crippen LogP contribution < -0.4 is 0 Å². The highest BCUT2D eigenvalue weighted by Gasteiger charge is 2.35. The lowest BCUT2D eigenvalue weighted by Gasteiger charge is -2.22. The molecular weight excluding hydrogens is 336 g/mol. The Morgan fingerprint density at radius 1 is 1.16 bits per heavy atom. The first-order valence-corrected chi connectivity index (χ1v) is 8.72. The van der Waals surface area contributed by atoms with Gasteiger partial charge in [0.15, 0.2) is 0 Å². The van der Waals surface area contributed by atoms with Gasteiger partial charge >= 0.3 is 0 Å². The zero-order valence-electron chi connectivity index (χ0n) is 14.2. The number of benzene rings is 2. The van der Waals surface area contributed by atoms with Gasteiger partial charge in [0.1, 0.15) is 0 Å². The van der Waals surface area contributed by atoms with Crippen LogP contribution >= 0.6 is 11.6 Å². The summed E-state index contributed by atoms with van der Waals surface area (Å²) in [7, 11) is 1.79. The lowest BCUT2D eigenvalue weighted by Crippen LogP contribution is -2.34. The predicted molar refractivity (Wildman–Crippen MR) is 97.9 cm³/mol. The van der Waals surface area contributed by atoms with E-state index in [0.717, 1.165) is 11.1 Å². The molecule has 0 bridgehead atoms. The molecule has 25 heavy (non-hydrogen) atoms. The third-order valence-corrected chi connectivity index (χ3v) is 4.89. The molecule has 0 aliphatic carbocycles. The summed E-state index contributed by atoms with van der Waals surface area (Å²) in [5.41, 5.74) is 1.99. The van der Waals surface area contributed by atoms with Crippen molar-refractivity contribution in [1.82, 2.24) is 9.80 Å². The molecular formula is C20H21ClN2O2. The molecule has 1 atom stereocenters. The van der Waals surface area contributed by atoms with E-state index in [1.54, 1.807) is 16.8 Å². The lowest BCUT2D eigenvalue weighted by atomic mass is 10.1. The van der Waals surface area contributed by atoms with Gasteiger partial charge in [0, 0.05) is 38.1 Å². The second-order valence-corrected chi connectivity index (χ2v) is 6.85. The lowest BCUT2D eigenvalue weighted by molar-refractivity contribution is -0.135. The quantitative estimate of drug-likeness (QED) is 0.824. The van der Waals surface area contributed by atoms with E-state index in [2.05, 4.69) is 0 Å². The fourth-order valence-corrected chi connectivity index (χ4v) is 3.37.